The van der Waals surface area contributed by atoms with Crippen LogP contribution in [0, 0.1) is 0 Å². The molecule has 0 unspecified atom stereocenters. The molecule has 0 aliphatic carbocycles. The van der Waals surface area contributed by atoms with Crippen molar-refractivity contribution in [3.05, 3.63) is 34.3 Å². The predicted molar refractivity (Wildman–Crippen MR) is 72.3 cm³/mol. The minimum atomic E-state index is -0.427. The van der Waals surface area contributed by atoms with Gasteiger partial charge in [-0.05, 0) is 41.9 Å². The number of benzene rings is 1. The monoisotopic (exact) mass is 313 g/mol. The molecular weight excluding hydrogens is 298 g/mol. The van der Waals surface area contributed by atoms with E-state index in [-0.39, 0.29) is 18.5 Å². The van der Waals surface area contributed by atoms with Gasteiger partial charge in [-0.3, -0.25) is 9.59 Å². The summed E-state index contributed by atoms with van der Waals surface area (Å²) in [6.07, 6.45) is 0. The maximum atomic E-state index is 12.3. The van der Waals surface area contributed by atoms with Crippen molar-refractivity contribution >= 4 is 27.8 Å². The molecule has 0 aliphatic rings. The highest BCUT2D eigenvalue weighted by molar-refractivity contribution is 9.10. The van der Waals surface area contributed by atoms with Gasteiger partial charge in [-0.2, -0.15) is 0 Å². The number of amides is 1. The molecule has 18 heavy (non-hydrogen) atoms. The molecule has 0 fully saturated rings. The molecule has 0 radical (unpaired) electrons. The molecule has 4 nitrogen and oxygen atoms in total. The molecule has 5 heteroatoms. The van der Waals surface area contributed by atoms with E-state index in [1.165, 1.54) is 12.0 Å². The van der Waals surface area contributed by atoms with Gasteiger partial charge in [0.2, 0.25) is 0 Å². The first-order valence-corrected chi connectivity index (χ1v) is 6.39. The Kier molecular flexibility index (Phi) is 5.34. The summed E-state index contributed by atoms with van der Waals surface area (Å²) >= 11 is 3.33. The lowest BCUT2D eigenvalue weighted by molar-refractivity contribution is -0.141. The van der Waals surface area contributed by atoms with Crippen LogP contribution in [0.15, 0.2) is 28.7 Å². The predicted octanol–water partition coefficient (Wildman–Crippen LogP) is 2.47. The molecule has 1 aromatic carbocycles. The van der Waals surface area contributed by atoms with Gasteiger partial charge in [0, 0.05) is 10.5 Å². The number of hydrogen-bond acceptors (Lipinski definition) is 3. The first-order valence-electron chi connectivity index (χ1n) is 5.59. The van der Waals surface area contributed by atoms with Crippen molar-refractivity contribution in [3.63, 3.8) is 0 Å². The van der Waals surface area contributed by atoms with Gasteiger partial charge >= 0.3 is 5.97 Å². The van der Waals surface area contributed by atoms with Gasteiger partial charge in [-0.25, -0.2) is 0 Å². The van der Waals surface area contributed by atoms with Gasteiger partial charge in [-0.15, -0.1) is 0 Å². The van der Waals surface area contributed by atoms with Crippen LogP contribution in [0.4, 0.5) is 0 Å². The largest absolute Gasteiger partial charge is 0.468 e. The Balaban J connectivity index is 2.97. The topological polar surface area (TPSA) is 46.6 Å². The zero-order chi connectivity index (χ0) is 13.7. The second-order valence-electron chi connectivity index (χ2n) is 4.08. The van der Waals surface area contributed by atoms with Crippen molar-refractivity contribution in [2.75, 3.05) is 13.7 Å². The summed E-state index contributed by atoms with van der Waals surface area (Å²) in [5.74, 6) is -0.619. The van der Waals surface area contributed by atoms with Gasteiger partial charge in [-0.1, -0.05) is 12.1 Å². The van der Waals surface area contributed by atoms with Crippen molar-refractivity contribution in [1.82, 2.24) is 4.90 Å². The minimum absolute atomic E-state index is 0.0473. The lowest BCUT2D eigenvalue weighted by Gasteiger charge is -2.25. The molecule has 0 aromatic heterocycles. The van der Waals surface area contributed by atoms with E-state index in [0.717, 1.165) is 0 Å². The van der Waals surface area contributed by atoms with Gasteiger partial charge in [0.05, 0.1) is 12.7 Å². The normalized spacial score (nSPS) is 10.3. The number of methoxy groups -OCH3 is 1. The van der Waals surface area contributed by atoms with Crippen molar-refractivity contribution in [1.29, 1.82) is 0 Å². The minimum Gasteiger partial charge on any atom is -0.468 e. The number of ether oxygens (including phenoxy) is 1. The zero-order valence-corrected chi connectivity index (χ0v) is 12.2. The van der Waals surface area contributed by atoms with Crippen LogP contribution in [0.3, 0.4) is 0 Å². The standard InChI is InChI=1S/C13H16BrNO3/c1-9(2)15(8-12(16)18-3)13(17)10-6-4-5-7-11(10)14/h4-7,9H,8H2,1-3H3. The lowest BCUT2D eigenvalue weighted by Crippen LogP contribution is -2.41. The molecule has 0 atom stereocenters. The summed E-state index contributed by atoms with van der Waals surface area (Å²) in [5, 5.41) is 0. The number of nitrogens with zero attached hydrogens (tertiary/aromatic N) is 1. The van der Waals surface area contributed by atoms with Crippen molar-refractivity contribution in [2.24, 2.45) is 0 Å². The Morgan fingerprint density at radius 1 is 1.33 bits per heavy atom. The average Bonchev–Trinajstić information content (AvgIpc) is 2.35. The van der Waals surface area contributed by atoms with Crippen molar-refractivity contribution in [3.8, 4) is 0 Å². The summed E-state index contributed by atoms with van der Waals surface area (Å²) < 4.78 is 5.32. The van der Waals surface area contributed by atoms with E-state index in [2.05, 4.69) is 20.7 Å². The summed E-state index contributed by atoms with van der Waals surface area (Å²) in [6, 6.07) is 7.06. The molecule has 0 saturated carbocycles. The first-order chi connectivity index (χ1) is 8.47. The third-order valence-corrected chi connectivity index (χ3v) is 3.21. The Hall–Kier alpha value is -1.36. The highest BCUT2D eigenvalue weighted by Gasteiger charge is 2.23. The average molecular weight is 314 g/mol. The van der Waals surface area contributed by atoms with Crippen LogP contribution in [0.2, 0.25) is 0 Å². The number of halogens is 1. The molecule has 1 aromatic rings. The van der Waals surface area contributed by atoms with Crippen LogP contribution < -0.4 is 0 Å². The number of carbonyl (C=O) groups excluding carboxylic acids is 2. The molecule has 98 valence electrons. The molecular formula is C13H16BrNO3. The van der Waals surface area contributed by atoms with Gasteiger partial charge in [0.1, 0.15) is 6.54 Å². The summed E-state index contributed by atoms with van der Waals surface area (Å²) in [5.41, 5.74) is 0.537. The lowest BCUT2D eigenvalue weighted by atomic mass is 10.1. The quantitative estimate of drug-likeness (QED) is 0.802. The maximum Gasteiger partial charge on any atom is 0.325 e. The highest BCUT2D eigenvalue weighted by Crippen LogP contribution is 2.19. The van der Waals surface area contributed by atoms with Gasteiger partial charge < -0.3 is 9.64 Å². The molecule has 0 spiro atoms. The number of hydrogen-bond donors (Lipinski definition) is 0. The SMILES string of the molecule is COC(=O)CN(C(=O)c1ccccc1Br)C(C)C. The van der Waals surface area contributed by atoms with E-state index >= 15 is 0 Å². The smallest absolute Gasteiger partial charge is 0.325 e. The fourth-order valence-corrected chi connectivity index (χ4v) is 1.94. The fourth-order valence-electron chi connectivity index (χ4n) is 1.48. The van der Waals surface area contributed by atoms with E-state index in [1.54, 1.807) is 18.2 Å². The Labute approximate surface area is 115 Å². The number of rotatable bonds is 4. The van der Waals surface area contributed by atoms with Gasteiger partial charge in [0.25, 0.3) is 5.91 Å². The van der Waals surface area contributed by atoms with Crippen molar-refractivity contribution in [2.45, 2.75) is 19.9 Å². The Morgan fingerprint density at radius 3 is 2.44 bits per heavy atom. The van der Waals surface area contributed by atoms with E-state index in [1.807, 2.05) is 19.9 Å². The van der Waals surface area contributed by atoms with Gasteiger partial charge in [0.15, 0.2) is 0 Å². The third kappa shape index (κ3) is 3.57. The van der Waals surface area contributed by atoms with E-state index in [9.17, 15) is 9.59 Å². The molecule has 1 amide bonds. The summed E-state index contributed by atoms with van der Waals surface area (Å²) in [7, 11) is 1.31. The van der Waals surface area contributed by atoms with Crippen LogP contribution in [-0.4, -0.2) is 36.5 Å². The Bertz CT molecular complexity index is 446. The third-order valence-electron chi connectivity index (χ3n) is 2.52. The first kappa shape index (κ1) is 14.7. The van der Waals surface area contributed by atoms with Crippen LogP contribution in [-0.2, 0) is 9.53 Å². The number of carbonyl (C=O) groups is 2. The van der Waals surface area contributed by atoms with Crippen LogP contribution in [0.5, 0.6) is 0 Å². The van der Waals surface area contributed by atoms with Crippen LogP contribution in [0.25, 0.3) is 0 Å². The van der Waals surface area contributed by atoms with E-state index < -0.39 is 5.97 Å². The second kappa shape index (κ2) is 6.54. The van der Waals surface area contributed by atoms with E-state index in [4.69, 9.17) is 0 Å². The van der Waals surface area contributed by atoms with Crippen LogP contribution >= 0.6 is 15.9 Å². The van der Waals surface area contributed by atoms with Crippen molar-refractivity contribution < 1.29 is 14.3 Å². The molecule has 0 N–H and O–H groups in total. The van der Waals surface area contributed by atoms with Crippen LogP contribution in [0.1, 0.15) is 24.2 Å². The highest BCUT2D eigenvalue weighted by atomic mass is 79.9. The molecule has 0 heterocycles. The zero-order valence-electron chi connectivity index (χ0n) is 10.6. The molecule has 0 bridgehead atoms. The summed E-state index contributed by atoms with van der Waals surface area (Å²) in [6.45, 7) is 3.67. The second-order valence-corrected chi connectivity index (χ2v) is 4.94. The van der Waals surface area contributed by atoms with E-state index in [0.29, 0.717) is 10.0 Å². The number of esters is 1. The summed E-state index contributed by atoms with van der Waals surface area (Å²) in [4.78, 5) is 25.1. The maximum absolute atomic E-state index is 12.3. The molecule has 1 rings (SSSR count). The molecule has 0 aliphatic heterocycles. The molecule has 0 saturated heterocycles. The Morgan fingerprint density at radius 2 is 1.94 bits per heavy atom. The fraction of sp³-hybridized carbons (Fsp3) is 0.385.